The van der Waals surface area contributed by atoms with Crippen molar-refractivity contribution in [1.82, 2.24) is 0 Å². The standard InChI is InChI=1S/C16H27N3O/c1-12(2)7-9-20-10-8-18-16(17)19-15-6-5-13(3)14(4)11-15/h5-6,11-12H,7-10H2,1-4H3,(H3,17,18,19). The second kappa shape index (κ2) is 8.59. The molecule has 4 nitrogen and oxygen atoms in total. The molecule has 0 saturated heterocycles. The number of aryl methyl sites for hydroxylation is 2. The summed E-state index contributed by atoms with van der Waals surface area (Å²) in [5, 5.41) is 3.09. The van der Waals surface area contributed by atoms with Gasteiger partial charge >= 0.3 is 0 Å². The van der Waals surface area contributed by atoms with Gasteiger partial charge in [-0.05, 0) is 49.4 Å². The zero-order valence-electron chi connectivity index (χ0n) is 13.1. The molecule has 0 unspecified atom stereocenters. The minimum absolute atomic E-state index is 0.431. The zero-order chi connectivity index (χ0) is 15.0. The number of hydrogen-bond donors (Lipinski definition) is 2. The predicted octanol–water partition coefficient (Wildman–Crippen LogP) is 3.09. The fraction of sp³-hybridized carbons (Fsp3) is 0.562. The van der Waals surface area contributed by atoms with Gasteiger partial charge in [-0.2, -0.15) is 0 Å². The van der Waals surface area contributed by atoms with E-state index in [1.54, 1.807) is 0 Å². The number of guanidine groups is 1. The lowest BCUT2D eigenvalue weighted by Gasteiger charge is -2.08. The fourth-order valence-corrected chi connectivity index (χ4v) is 1.66. The Morgan fingerprint density at radius 3 is 2.65 bits per heavy atom. The molecule has 1 rings (SSSR count). The van der Waals surface area contributed by atoms with Crippen LogP contribution in [-0.2, 0) is 4.74 Å². The number of hydrogen-bond acceptors (Lipinski definition) is 2. The minimum Gasteiger partial charge on any atom is -0.380 e. The maximum Gasteiger partial charge on any atom is 0.193 e. The lowest BCUT2D eigenvalue weighted by Crippen LogP contribution is -2.23. The molecule has 3 N–H and O–H groups in total. The first-order valence-corrected chi connectivity index (χ1v) is 7.21. The van der Waals surface area contributed by atoms with E-state index in [4.69, 9.17) is 10.5 Å². The number of ether oxygens (including phenoxy) is 1. The van der Waals surface area contributed by atoms with Crippen molar-refractivity contribution in [2.45, 2.75) is 34.1 Å². The Bertz CT molecular complexity index is 441. The van der Waals surface area contributed by atoms with Crippen molar-refractivity contribution in [3.8, 4) is 0 Å². The van der Waals surface area contributed by atoms with Crippen LogP contribution >= 0.6 is 0 Å². The highest BCUT2D eigenvalue weighted by Gasteiger charge is 1.98. The Morgan fingerprint density at radius 1 is 1.25 bits per heavy atom. The highest BCUT2D eigenvalue weighted by atomic mass is 16.5. The number of benzene rings is 1. The Kier molecular flexibility index (Phi) is 7.09. The summed E-state index contributed by atoms with van der Waals surface area (Å²) in [5.41, 5.74) is 9.31. The zero-order valence-corrected chi connectivity index (χ0v) is 13.1. The van der Waals surface area contributed by atoms with Gasteiger partial charge in [0.25, 0.3) is 0 Å². The van der Waals surface area contributed by atoms with Gasteiger partial charge in [0.15, 0.2) is 5.96 Å². The molecule has 0 aliphatic heterocycles. The van der Waals surface area contributed by atoms with Gasteiger partial charge in [0.2, 0.25) is 0 Å². The van der Waals surface area contributed by atoms with Crippen molar-refractivity contribution in [3.63, 3.8) is 0 Å². The fourth-order valence-electron chi connectivity index (χ4n) is 1.66. The second-order valence-electron chi connectivity index (χ2n) is 5.49. The summed E-state index contributed by atoms with van der Waals surface area (Å²) in [6, 6.07) is 6.14. The van der Waals surface area contributed by atoms with Crippen molar-refractivity contribution in [2.24, 2.45) is 16.6 Å². The Morgan fingerprint density at radius 2 is 2.00 bits per heavy atom. The number of nitrogens with zero attached hydrogens (tertiary/aromatic N) is 1. The molecule has 1 aromatic carbocycles. The largest absolute Gasteiger partial charge is 0.380 e. The lowest BCUT2D eigenvalue weighted by molar-refractivity contribution is 0.131. The van der Waals surface area contributed by atoms with E-state index < -0.39 is 0 Å². The maximum atomic E-state index is 5.84. The molecule has 112 valence electrons. The first-order valence-electron chi connectivity index (χ1n) is 7.21. The molecule has 4 heteroatoms. The first-order chi connectivity index (χ1) is 9.49. The van der Waals surface area contributed by atoms with E-state index in [1.165, 1.54) is 11.1 Å². The highest BCUT2D eigenvalue weighted by molar-refractivity contribution is 5.92. The molecule has 0 spiro atoms. The molecule has 0 aromatic heterocycles. The van der Waals surface area contributed by atoms with Gasteiger partial charge in [-0.3, -0.25) is 4.99 Å². The Balaban J connectivity index is 2.29. The average Bonchev–Trinajstić information content (AvgIpc) is 2.38. The molecular formula is C16H27N3O. The smallest absolute Gasteiger partial charge is 0.193 e. The summed E-state index contributed by atoms with van der Waals surface area (Å²) in [7, 11) is 0. The van der Waals surface area contributed by atoms with Crippen LogP contribution in [0.5, 0.6) is 0 Å². The van der Waals surface area contributed by atoms with Gasteiger partial charge in [-0.25, -0.2) is 0 Å². The van der Waals surface area contributed by atoms with E-state index in [0.717, 1.165) is 18.7 Å². The number of rotatable bonds is 7. The van der Waals surface area contributed by atoms with E-state index in [-0.39, 0.29) is 0 Å². The Labute approximate surface area is 122 Å². The van der Waals surface area contributed by atoms with Crippen LogP contribution < -0.4 is 11.1 Å². The van der Waals surface area contributed by atoms with Gasteiger partial charge in [-0.15, -0.1) is 0 Å². The van der Waals surface area contributed by atoms with Crippen molar-refractivity contribution in [1.29, 1.82) is 0 Å². The minimum atomic E-state index is 0.431. The van der Waals surface area contributed by atoms with E-state index in [1.807, 2.05) is 6.07 Å². The van der Waals surface area contributed by atoms with Crippen LogP contribution in [0.25, 0.3) is 0 Å². The average molecular weight is 277 g/mol. The third-order valence-corrected chi connectivity index (χ3v) is 3.14. The quantitative estimate of drug-likeness (QED) is 0.457. The van der Waals surface area contributed by atoms with Crippen LogP contribution in [0.3, 0.4) is 0 Å². The topological polar surface area (TPSA) is 59.6 Å². The van der Waals surface area contributed by atoms with Crippen LogP contribution in [-0.4, -0.2) is 25.7 Å². The lowest BCUT2D eigenvalue weighted by atomic mass is 10.1. The van der Waals surface area contributed by atoms with Gasteiger partial charge in [0, 0.05) is 12.3 Å². The molecular weight excluding hydrogens is 250 g/mol. The van der Waals surface area contributed by atoms with Crippen molar-refractivity contribution >= 4 is 11.6 Å². The number of aliphatic imine (C=N–C) groups is 1. The molecule has 0 fully saturated rings. The molecule has 0 saturated carbocycles. The third kappa shape index (κ3) is 6.57. The summed E-state index contributed by atoms with van der Waals surface area (Å²) in [5.74, 6) is 1.11. The number of anilines is 1. The monoisotopic (exact) mass is 277 g/mol. The van der Waals surface area contributed by atoms with Crippen LogP contribution in [0, 0.1) is 19.8 Å². The molecule has 0 heterocycles. The van der Waals surface area contributed by atoms with Crippen LogP contribution in [0.15, 0.2) is 23.2 Å². The third-order valence-electron chi connectivity index (χ3n) is 3.14. The van der Waals surface area contributed by atoms with E-state index in [0.29, 0.717) is 25.0 Å². The van der Waals surface area contributed by atoms with Gasteiger partial charge in [0.1, 0.15) is 0 Å². The molecule has 1 aromatic rings. The molecule has 0 amide bonds. The van der Waals surface area contributed by atoms with E-state index in [9.17, 15) is 0 Å². The summed E-state index contributed by atoms with van der Waals surface area (Å²) in [6.07, 6.45) is 1.08. The van der Waals surface area contributed by atoms with Crippen molar-refractivity contribution in [3.05, 3.63) is 29.3 Å². The molecule has 0 aliphatic rings. The van der Waals surface area contributed by atoms with Gasteiger partial charge in [-0.1, -0.05) is 19.9 Å². The summed E-state index contributed by atoms with van der Waals surface area (Å²) < 4.78 is 5.49. The first kappa shape index (κ1) is 16.5. The van der Waals surface area contributed by atoms with Crippen molar-refractivity contribution in [2.75, 3.05) is 25.1 Å². The van der Waals surface area contributed by atoms with E-state index in [2.05, 4.69) is 50.1 Å². The van der Waals surface area contributed by atoms with Gasteiger partial charge < -0.3 is 15.8 Å². The Hall–Kier alpha value is -1.55. The number of nitrogens with one attached hydrogen (secondary N) is 1. The summed E-state index contributed by atoms with van der Waals surface area (Å²) >= 11 is 0. The molecule has 0 atom stereocenters. The highest BCUT2D eigenvalue weighted by Crippen LogP contribution is 2.13. The predicted molar refractivity (Wildman–Crippen MR) is 86.3 cm³/mol. The van der Waals surface area contributed by atoms with Crippen molar-refractivity contribution < 1.29 is 4.74 Å². The summed E-state index contributed by atoms with van der Waals surface area (Å²) in [6.45, 7) is 10.5. The molecule has 20 heavy (non-hydrogen) atoms. The van der Waals surface area contributed by atoms with Crippen LogP contribution in [0.4, 0.5) is 5.69 Å². The molecule has 0 radical (unpaired) electrons. The number of nitrogens with two attached hydrogens (primary N) is 1. The molecule has 0 bridgehead atoms. The normalized spacial score (nSPS) is 11.9. The van der Waals surface area contributed by atoms with Crippen LogP contribution in [0.1, 0.15) is 31.4 Å². The SMILES string of the molecule is Cc1ccc(NC(N)=NCCOCCC(C)C)cc1C. The maximum absolute atomic E-state index is 5.84. The molecule has 0 aliphatic carbocycles. The second-order valence-corrected chi connectivity index (χ2v) is 5.49. The van der Waals surface area contributed by atoms with Crippen LogP contribution in [0.2, 0.25) is 0 Å². The van der Waals surface area contributed by atoms with Gasteiger partial charge in [0.05, 0.1) is 13.2 Å². The van der Waals surface area contributed by atoms with E-state index >= 15 is 0 Å². The summed E-state index contributed by atoms with van der Waals surface area (Å²) in [4.78, 5) is 4.25.